The summed E-state index contributed by atoms with van der Waals surface area (Å²) in [6.07, 6.45) is 3.01. The van der Waals surface area contributed by atoms with Crippen LogP contribution in [0.4, 0.5) is 4.79 Å². The zero-order valence-electron chi connectivity index (χ0n) is 11.7. The van der Waals surface area contributed by atoms with Gasteiger partial charge in [-0.3, -0.25) is 0 Å². The second-order valence-electron chi connectivity index (χ2n) is 6.11. The smallest absolute Gasteiger partial charge is 0.407 e. The standard InChI is InChI=1S/C13H26N2O2/c1-9(2)14-10-7-6-8-11(10)15-12(16)17-13(3,4)5/h9-11,14H,6-8H2,1-5H3,(H,15,16). The molecule has 1 amide bonds. The molecule has 100 valence electrons. The molecule has 0 saturated heterocycles. The first-order valence-corrected chi connectivity index (χ1v) is 6.53. The average molecular weight is 242 g/mol. The lowest BCUT2D eigenvalue weighted by Crippen LogP contribution is -2.49. The van der Waals surface area contributed by atoms with Gasteiger partial charge in [-0.15, -0.1) is 0 Å². The first-order valence-electron chi connectivity index (χ1n) is 6.53. The van der Waals surface area contributed by atoms with Crippen LogP contribution in [0.2, 0.25) is 0 Å². The predicted octanol–water partition coefficient (Wildman–Crippen LogP) is 2.43. The Labute approximate surface area is 104 Å². The van der Waals surface area contributed by atoms with E-state index in [1.807, 2.05) is 20.8 Å². The summed E-state index contributed by atoms with van der Waals surface area (Å²) in [4.78, 5) is 11.7. The Morgan fingerprint density at radius 1 is 1.24 bits per heavy atom. The van der Waals surface area contributed by atoms with Crippen molar-refractivity contribution in [2.24, 2.45) is 0 Å². The summed E-state index contributed by atoms with van der Waals surface area (Å²) >= 11 is 0. The molecule has 17 heavy (non-hydrogen) atoms. The van der Waals surface area contributed by atoms with Crippen molar-refractivity contribution >= 4 is 6.09 Å². The van der Waals surface area contributed by atoms with Crippen LogP contribution >= 0.6 is 0 Å². The summed E-state index contributed by atoms with van der Waals surface area (Å²) in [7, 11) is 0. The first kappa shape index (κ1) is 14.3. The van der Waals surface area contributed by atoms with E-state index in [2.05, 4.69) is 24.5 Å². The Bertz CT molecular complexity index is 259. The lowest BCUT2D eigenvalue weighted by molar-refractivity contribution is 0.0497. The Morgan fingerprint density at radius 3 is 2.35 bits per heavy atom. The van der Waals surface area contributed by atoms with E-state index in [1.165, 1.54) is 0 Å². The van der Waals surface area contributed by atoms with Crippen molar-refractivity contribution in [2.45, 2.75) is 77.6 Å². The topological polar surface area (TPSA) is 50.4 Å². The van der Waals surface area contributed by atoms with Gasteiger partial charge in [0.25, 0.3) is 0 Å². The molecular formula is C13H26N2O2. The third kappa shape index (κ3) is 5.39. The minimum Gasteiger partial charge on any atom is -0.444 e. The number of hydrogen-bond donors (Lipinski definition) is 2. The quantitative estimate of drug-likeness (QED) is 0.799. The van der Waals surface area contributed by atoms with Crippen molar-refractivity contribution < 1.29 is 9.53 Å². The van der Waals surface area contributed by atoms with Crippen LogP contribution in [0.3, 0.4) is 0 Å². The fourth-order valence-electron chi connectivity index (χ4n) is 2.22. The fraction of sp³-hybridized carbons (Fsp3) is 0.923. The Morgan fingerprint density at radius 2 is 1.82 bits per heavy atom. The highest BCUT2D eigenvalue weighted by molar-refractivity contribution is 5.68. The van der Waals surface area contributed by atoms with Crippen molar-refractivity contribution in [2.75, 3.05) is 0 Å². The van der Waals surface area contributed by atoms with E-state index in [9.17, 15) is 4.79 Å². The minimum absolute atomic E-state index is 0.201. The van der Waals surface area contributed by atoms with Crippen LogP contribution in [0.15, 0.2) is 0 Å². The molecule has 0 heterocycles. The van der Waals surface area contributed by atoms with Crippen LogP contribution in [0.1, 0.15) is 53.9 Å². The van der Waals surface area contributed by atoms with Crippen LogP contribution in [0.5, 0.6) is 0 Å². The highest BCUT2D eigenvalue weighted by Gasteiger charge is 2.30. The summed E-state index contributed by atoms with van der Waals surface area (Å²) in [6, 6.07) is 1.02. The Hall–Kier alpha value is -0.770. The van der Waals surface area contributed by atoms with Gasteiger partial charge in [0.05, 0.1) is 0 Å². The minimum atomic E-state index is -0.427. The van der Waals surface area contributed by atoms with Crippen molar-refractivity contribution in [3.63, 3.8) is 0 Å². The number of hydrogen-bond acceptors (Lipinski definition) is 3. The Kier molecular flexibility index (Phi) is 4.80. The summed E-state index contributed by atoms with van der Waals surface area (Å²) < 4.78 is 5.28. The van der Waals surface area contributed by atoms with Gasteiger partial charge in [0.1, 0.15) is 5.60 Å². The van der Waals surface area contributed by atoms with Gasteiger partial charge in [-0.2, -0.15) is 0 Å². The lowest BCUT2D eigenvalue weighted by Gasteiger charge is -2.26. The SMILES string of the molecule is CC(C)NC1CCCC1NC(=O)OC(C)(C)C. The molecule has 0 aromatic rings. The van der Waals surface area contributed by atoms with Gasteiger partial charge in [0.2, 0.25) is 0 Å². The monoisotopic (exact) mass is 242 g/mol. The van der Waals surface area contributed by atoms with E-state index in [1.54, 1.807) is 0 Å². The number of carbonyl (C=O) groups is 1. The molecule has 1 aliphatic rings. The molecule has 0 aromatic heterocycles. The normalized spacial score (nSPS) is 25.1. The summed E-state index contributed by atoms with van der Waals surface area (Å²) in [5.74, 6) is 0. The Balaban J connectivity index is 2.42. The third-order valence-electron chi connectivity index (χ3n) is 2.77. The second-order valence-corrected chi connectivity index (χ2v) is 6.11. The van der Waals surface area contributed by atoms with Gasteiger partial charge in [0, 0.05) is 18.1 Å². The maximum absolute atomic E-state index is 11.7. The second kappa shape index (κ2) is 5.71. The molecule has 1 saturated carbocycles. The predicted molar refractivity (Wildman–Crippen MR) is 69.1 cm³/mol. The molecule has 1 aliphatic carbocycles. The maximum atomic E-state index is 11.7. The van der Waals surface area contributed by atoms with Crippen molar-refractivity contribution in [3.8, 4) is 0 Å². The first-order chi connectivity index (χ1) is 7.78. The molecule has 0 aliphatic heterocycles. The van der Waals surface area contributed by atoms with Gasteiger partial charge < -0.3 is 15.4 Å². The molecule has 0 spiro atoms. The lowest BCUT2D eigenvalue weighted by atomic mass is 10.1. The molecule has 0 radical (unpaired) electrons. The highest BCUT2D eigenvalue weighted by Crippen LogP contribution is 2.20. The summed E-state index contributed by atoms with van der Waals surface area (Å²) in [6.45, 7) is 9.90. The van der Waals surface area contributed by atoms with Crippen LogP contribution in [0, 0.1) is 0 Å². The summed E-state index contributed by atoms with van der Waals surface area (Å²) in [5.41, 5.74) is -0.427. The number of ether oxygens (including phenoxy) is 1. The highest BCUT2D eigenvalue weighted by atomic mass is 16.6. The molecule has 2 unspecified atom stereocenters. The number of nitrogens with one attached hydrogen (secondary N) is 2. The summed E-state index contributed by atoms with van der Waals surface area (Å²) in [5, 5.41) is 6.46. The number of alkyl carbamates (subject to hydrolysis) is 1. The van der Waals surface area contributed by atoms with E-state index in [-0.39, 0.29) is 12.1 Å². The van der Waals surface area contributed by atoms with Gasteiger partial charge >= 0.3 is 6.09 Å². The van der Waals surface area contributed by atoms with Gasteiger partial charge in [-0.05, 0) is 40.0 Å². The van der Waals surface area contributed by atoms with Gasteiger partial charge in [0.15, 0.2) is 0 Å². The van der Waals surface area contributed by atoms with Gasteiger partial charge in [-0.1, -0.05) is 13.8 Å². The van der Waals surface area contributed by atoms with Crippen LogP contribution in [-0.2, 0) is 4.74 Å². The largest absolute Gasteiger partial charge is 0.444 e. The van der Waals surface area contributed by atoms with E-state index in [0.717, 1.165) is 19.3 Å². The van der Waals surface area contributed by atoms with Crippen LogP contribution < -0.4 is 10.6 Å². The maximum Gasteiger partial charge on any atom is 0.407 e. The van der Waals surface area contributed by atoms with Gasteiger partial charge in [-0.25, -0.2) is 4.79 Å². The molecule has 1 rings (SSSR count). The van der Waals surface area contributed by atoms with E-state index in [4.69, 9.17) is 4.74 Å². The van der Waals surface area contributed by atoms with Crippen molar-refractivity contribution in [3.05, 3.63) is 0 Å². The third-order valence-corrected chi connectivity index (χ3v) is 2.77. The molecule has 0 aromatic carbocycles. The van der Waals surface area contributed by atoms with Crippen LogP contribution in [-0.4, -0.2) is 29.8 Å². The molecule has 2 N–H and O–H groups in total. The van der Waals surface area contributed by atoms with E-state index >= 15 is 0 Å². The molecule has 1 fully saturated rings. The number of amides is 1. The molecule has 0 bridgehead atoms. The molecule has 4 heteroatoms. The number of rotatable bonds is 3. The zero-order chi connectivity index (χ0) is 13.1. The fourth-order valence-corrected chi connectivity index (χ4v) is 2.22. The van der Waals surface area contributed by atoms with Crippen molar-refractivity contribution in [1.82, 2.24) is 10.6 Å². The zero-order valence-corrected chi connectivity index (χ0v) is 11.7. The molecule has 4 nitrogen and oxygen atoms in total. The molecule has 2 atom stereocenters. The van der Waals surface area contributed by atoms with Crippen LogP contribution in [0.25, 0.3) is 0 Å². The van der Waals surface area contributed by atoms with E-state index in [0.29, 0.717) is 12.1 Å². The van der Waals surface area contributed by atoms with Crippen molar-refractivity contribution in [1.29, 1.82) is 0 Å². The van der Waals surface area contributed by atoms with E-state index < -0.39 is 5.60 Å². The number of carbonyl (C=O) groups excluding carboxylic acids is 1. The average Bonchev–Trinajstić information content (AvgIpc) is 2.47. The molecular weight excluding hydrogens is 216 g/mol.